The Morgan fingerprint density at radius 2 is 2.07 bits per heavy atom. The number of hydrogen-bond donors (Lipinski definition) is 1. The van der Waals surface area contributed by atoms with E-state index in [0.717, 1.165) is 6.54 Å². The molecule has 3 heteroatoms. The fraction of sp³-hybridized carbons (Fsp3) is 0.909. The van der Waals surface area contributed by atoms with Crippen molar-refractivity contribution in [3.8, 4) is 0 Å². The van der Waals surface area contributed by atoms with Gasteiger partial charge in [0.25, 0.3) is 0 Å². The Kier molecular flexibility index (Phi) is 4.39. The van der Waals surface area contributed by atoms with Gasteiger partial charge in [-0.3, -0.25) is 9.69 Å². The second kappa shape index (κ2) is 5.35. The van der Waals surface area contributed by atoms with Gasteiger partial charge in [0.15, 0.2) is 0 Å². The van der Waals surface area contributed by atoms with Gasteiger partial charge in [0.2, 0.25) is 0 Å². The fourth-order valence-electron chi connectivity index (χ4n) is 2.54. The molecule has 0 aliphatic heterocycles. The van der Waals surface area contributed by atoms with E-state index in [9.17, 15) is 4.79 Å². The van der Waals surface area contributed by atoms with Crippen molar-refractivity contribution in [3.63, 3.8) is 0 Å². The summed E-state index contributed by atoms with van der Waals surface area (Å²) in [7, 11) is 0. The number of carbonyl (C=O) groups is 1. The molecule has 0 amide bonds. The second-order valence-electron chi connectivity index (χ2n) is 4.22. The minimum absolute atomic E-state index is 0.181. The molecule has 1 rings (SSSR count). The molecule has 0 aromatic carbocycles. The van der Waals surface area contributed by atoms with Gasteiger partial charge in [-0.2, -0.15) is 0 Å². The summed E-state index contributed by atoms with van der Waals surface area (Å²) in [6, 6.07) is 0.815. The molecule has 1 fully saturated rings. The summed E-state index contributed by atoms with van der Waals surface area (Å²) in [5.41, 5.74) is 0. The molecule has 1 aliphatic rings. The molecule has 0 saturated heterocycles. The predicted octanol–water partition coefficient (Wildman–Crippen LogP) is 2.11. The van der Waals surface area contributed by atoms with Crippen LogP contribution in [-0.2, 0) is 4.79 Å². The molecule has 0 spiro atoms. The van der Waals surface area contributed by atoms with E-state index in [1.165, 1.54) is 25.7 Å². The molecule has 1 saturated carbocycles. The van der Waals surface area contributed by atoms with Crippen molar-refractivity contribution in [1.82, 2.24) is 4.90 Å². The van der Waals surface area contributed by atoms with Gasteiger partial charge in [0.1, 0.15) is 0 Å². The van der Waals surface area contributed by atoms with Crippen molar-refractivity contribution in [2.45, 2.75) is 58.0 Å². The molecule has 0 aromatic rings. The van der Waals surface area contributed by atoms with E-state index < -0.39 is 5.97 Å². The summed E-state index contributed by atoms with van der Waals surface area (Å²) in [5, 5.41) is 8.74. The summed E-state index contributed by atoms with van der Waals surface area (Å²) >= 11 is 0. The number of nitrogens with zero attached hydrogens (tertiary/aromatic N) is 1. The van der Waals surface area contributed by atoms with Crippen LogP contribution in [0.1, 0.15) is 46.0 Å². The lowest BCUT2D eigenvalue weighted by atomic mass is 10.1. The van der Waals surface area contributed by atoms with Gasteiger partial charge in [-0.05, 0) is 26.3 Å². The molecule has 0 heterocycles. The first-order chi connectivity index (χ1) is 6.65. The lowest BCUT2D eigenvalue weighted by molar-refractivity contribution is -0.138. The Labute approximate surface area is 86.1 Å². The largest absolute Gasteiger partial charge is 0.481 e. The second-order valence-corrected chi connectivity index (χ2v) is 4.22. The van der Waals surface area contributed by atoms with Crippen molar-refractivity contribution in [1.29, 1.82) is 0 Å². The lowest BCUT2D eigenvalue weighted by Gasteiger charge is -2.32. The van der Waals surface area contributed by atoms with Crippen LogP contribution in [0.2, 0.25) is 0 Å². The standard InChI is InChI=1S/C11H21NO2/c1-3-12(9(2)8-11(13)14)10-6-4-5-7-10/h9-10H,3-8H2,1-2H3,(H,13,14). The summed E-state index contributed by atoms with van der Waals surface area (Å²) in [6.07, 6.45) is 5.38. The van der Waals surface area contributed by atoms with E-state index in [1.54, 1.807) is 0 Å². The first-order valence-electron chi connectivity index (χ1n) is 5.62. The molecule has 14 heavy (non-hydrogen) atoms. The van der Waals surface area contributed by atoms with Gasteiger partial charge in [0.05, 0.1) is 6.42 Å². The normalized spacial score (nSPS) is 20.2. The zero-order valence-electron chi connectivity index (χ0n) is 9.20. The van der Waals surface area contributed by atoms with Crippen LogP contribution in [0, 0.1) is 0 Å². The average Bonchev–Trinajstić information content (AvgIpc) is 2.57. The molecule has 0 bridgehead atoms. The molecule has 1 unspecified atom stereocenters. The maximum Gasteiger partial charge on any atom is 0.304 e. The van der Waals surface area contributed by atoms with Gasteiger partial charge < -0.3 is 5.11 Å². The third-order valence-electron chi connectivity index (χ3n) is 3.20. The molecule has 3 nitrogen and oxygen atoms in total. The highest BCUT2D eigenvalue weighted by Crippen LogP contribution is 2.25. The van der Waals surface area contributed by atoms with E-state index in [4.69, 9.17) is 5.11 Å². The van der Waals surface area contributed by atoms with E-state index in [0.29, 0.717) is 6.04 Å². The maximum atomic E-state index is 10.6. The fourth-order valence-corrected chi connectivity index (χ4v) is 2.54. The van der Waals surface area contributed by atoms with Crippen LogP contribution < -0.4 is 0 Å². The van der Waals surface area contributed by atoms with E-state index in [1.807, 2.05) is 6.92 Å². The molecular weight excluding hydrogens is 178 g/mol. The van der Waals surface area contributed by atoms with Gasteiger partial charge in [-0.1, -0.05) is 19.8 Å². The zero-order valence-corrected chi connectivity index (χ0v) is 9.20. The van der Waals surface area contributed by atoms with E-state index in [2.05, 4.69) is 11.8 Å². The third kappa shape index (κ3) is 2.98. The van der Waals surface area contributed by atoms with Crippen molar-refractivity contribution in [3.05, 3.63) is 0 Å². The first kappa shape index (κ1) is 11.5. The Bertz CT molecular complexity index is 188. The first-order valence-corrected chi connectivity index (χ1v) is 5.62. The molecule has 0 aromatic heterocycles. The highest BCUT2D eigenvalue weighted by Gasteiger charge is 2.25. The number of rotatable bonds is 5. The van der Waals surface area contributed by atoms with Crippen LogP contribution in [-0.4, -0.2) is 34.6 Å². The van der Waals surface area contributed by atoms with Crippen molar-refractivity contribution >= 4 is 5.97 Å². The number of hydrogen-bond acceptors (Lipinski definition) is 2. The van der Waals surface area contributed by atoms with Crippen LogP contribution >= 0.6 is 0 Å². The van der Waals surface area contributed by atoms with Crippen LogP contribution in [0.4, 0.5) is 0 Å². The SMILES string of the molecule is CCN(C(C)CC(=O)O)C1CCCC1. The molecule has 1 aliphatic carbocycles. The number of carboxylic acids is 1. The average molecular weight is 199 g/mol. The van der Waals surface area contributed by atoms with Crippen LogP contribution in [0.5, 0.6) is 0 Å². The van der Waals surface area contributed by atoms with Crippen molar-refractivity contribution in [2.24, 2.45) is 0 Å². The van der Waals surface area contributed by atoms with Crippen LogP contribution in [0.3, 0.4) is 0 Å². The summed E-state index contributed by atoms with van der Waals surface area (Å²) in [6.45, 7) is 5.12. The van der Waals surface area contributed by atoms with Crippen LogP contribution in [0.15, 0.2) is 0 Å². The van der Waals surface area contributed by atoms with Gasteiger partial charge in [-0.15, -0.1) is 0 Å². The molecule has 1 atom stereocenters. The van der Waals surface area contributed by atoms with E-state index in [-0.39, 0.29) is 12.5 Å². The molecule has 0 radical (unpaired) electrons. The van der Waals surface area contributed by atoms with Gasteiger partial charge >= 0.3 is 5.97 Å². The predicted molar refractivity (Wildman–Crippen MR) is 56.4 cm³/mol. The Balaban J connectivity index is 2.46. The molecule has 82 valence electrons. The van der Waals surface area contributed by atoms with Crippen molar-refractivity contribution in [2.75, 3.05) is 6.54 Å². The molecule has 1 N–H and O–H groups in total. The summed E-state index contributed by atoms with van der Waals surface area (Å²) < 4.78 is 0. The smallest absolute Gasteiger partial charge is 0.304 e. The highest BCUT2D eigenvalue weighted by atomic mass is 16.4. The van der Waals surface area contributed by atoms with Crippen molar-refractivity contribution < 1.29 is 9.90 Å². The van der Waals surface area contributed by atoms with Gasteiger partial charge in [0, 0.05) is 12.1 Å². The Morgan fingerprint density at radius 3 is 2.50 bits per heavy atom. The lowest BCUT2D eigenvalue weighted by Crippen LogP contribution is -2.41. The third-order valence-corrected chi connectivity index (χ3v) is 3.20. The Hall–Kier alpha value is -0.570. The van der Waals surface area contributed by atoms with E-state index >= 15 is 0 Å². The number of aliphatic carboxylic acids is 1. The maximum absolute atomic E-state index is 10.6. The highest BCUT2D eigenvalue weighted by molar-refractivity contribution is 5.67. The minimum Gasteiger partial charge on any atom is -0.481 e. The summed E-state index contributed by atoms with van der Waals surface area (Å²) in [4.78, 5) is 13.0. The quantitative estimate of drug-likeness (QED) is 0.737. The Morgan fingerprint density at radius 1 is 1.50 bits per heavy atom. The topological polar surface area (TPSA) is 40.5 Å². The minimum atomic E-state index is -0.686. The van der Waals surface area contributed by atoms with Gasteiger partial charge in [-0.25, -0.2) is 0 Å². The monoisotopic (exact) mass is 199 g/mol. The zero-order chi connectivity index (χ0) is 10.6. The van der Waals surface area contributed by atoms with Crippen LogP contribution in [0.25, 0.3) is 0 Å². The molecular formula is C11H21NO2. The number of carboxylic acid groups (broad SMARTS) is 1. The summed E-state index contributed by atoms with van der Waals surface area (Å²) in [5.74, 6) is -0.686.